The summed E-state index contributed by atoms with van der Waals surface area (Å²) in [6, 6.07) is 6.02. The molecule has 0 N–H and O–H groups in total. The molecule has 1 aromatic carbocycles. The SMILES string of the molecule is O=C(C(=O)N1CCN(C(=O)C2CC(=O)N(c3ccccc3F)C2)CC1)N1CCCC1. The Morgan fingerprint density at radius 2 is 1.40 bits per heavy atom. The second-order valence-electron chi connectivity index (χ2n) is 7.97. The highest BCUT2D eigenvalue weighted by molar-refractivity contribution is 6.35. The summed E-state index contributed by atoms with van der Waals surface area (Å²) < 4.78 is 14.0. The molecule has 0 saturated carbocycles. The maximum absolute atomic E-state index is 14.0. The van der Waals surface area contributed by atoms with Crippen LogP contribution in [0.5, 0.6) is 0 Å². The summed E-state index contributed by atoms with van der Waals surface area (Å²) in [5.74, 6) is -2.44. The van der Waals surface area contributed by atoms with Crippen molar-refractivity contribution in [1.29, 1.82) is 0 Å². The fourth-order valence-electron chi connectivity index (χ4n) is 4.36. The molecule has 9 heteroatoms. The minimum atomic E-state index is -0.536. The Balaban J connectivity index is 1.32. The molecule has 3 heterocycles. The molecular weight excluding hydrogens is 391 g/mol. The highest BCUT2D eigenvalue weighted by Gasteiger charge is 2.39. The Labute approximate surface area is 174 Å². The van der Waals surface area contributed by atoms with E-state index >= 15 is 0 Å². The molecule has 0 spiro atoms. The molecule has 1 aromatic rings. The van der Waals surface area contributed by atoms with E-state index in [4.69, 9.17) is 0 Å². The van der Waals surface area contributed by atoms with E-state index in [9.17, 15) is 23.6 Å². The molecule has 30 heavy (non-hydrogen) atoms. The van der Waals surface area contributed by atoms with E-state index in [1.54, 1.807) is 21.9 Å². The zero-order valence-electron chi connectivity index (χ0n) is 16.8. The standard InChI is InChI=1S/C21H25FN4O4/c22-16-5-1-2-6-17(16)26-14-15(13-18(26)27)19(28)24-9-11-25(12-10-24)21(30)20(29)23-7-3-4-8-23/h1-2,5-6,15H,3-4,7-14H2. The number of carbonyl (C=O) groups is 4. The minimum absolute atomic E-state index is 0.0414. The number of piperazine rings is 1. The number of rotatable bonds is 2. The molecule has 3 aliphatic heterocycles. The number of likely N-dealkylation sites (tertiary alicyclic amines) is 1. The van der Waals surface area contributed by atoms with E-state index in [0.717, 1.165) is 12.8 Å². The Kier molecular flexibility index (Phi) is 5.69. The molecule has 0 aliphatic carbocycles. The summed E-state index contributed by atoms with van der Waals surface area (Å²) in [6.45, 7) is 2.62. The lowest BCUT2D eigenvalue weighted by atomic mass is 10.1. The summed E-state index contributed by atoms with van der Waals surface area (Å²) in [5.41, 5.74) is 0.189. The monoisotopic (exact) mass is 416 g/mol. The highest BCUT2D eigenvalue weighted by atomic mass is 19.1. The number of anilines is 1. The fourth-order valence-corrected chi connectivity index (χ4v) is 4.36. The van der Waals surface area contributed by atoms with Crippen molar-refractivity contribution in [3.8, 4) is 0 Å². The number of para-hydroxylation sites is 1. The van der Waals surface area contributed by atoms with Crippen LogP contribution in [0.3, 0.4) is 0 Å². The molecule has 3 aliphatic rings. The lowest BCUT2D eigenvalue weighted by molar-refractivity contribution is -0.153. The second-order valence-corrected chi connectivity index (χ2v) is 7.97. The van der Waals surface area contributed by atoms with Gasteiger partial charge in [0.25, 0.3) is 0 Å². The van der Waals surface area contributed by atoms with Gasteiger partial charge in [0.2, 0.25) is 11.8 Å². The quantitative estimate of drug-likeness (QED) is 0.657. The molecule has 3 saturated heterocycles. The first-order valence-corrected chi connectivity index (χ1v) is 10.4. The smallest absolute Gasteiger partial charge is 0.312 e. The normalized spacial score (nSPS) is 22.0. The number of hydrogen-bond acceptors (Lipinski definition) is 4. The number of hydrogen-bond donors (Lipinski definition) is 0. The Bertz CT molecular complexity index is 862. The lowest BCUT2D eigenvalue weighted by Crippen LogP contribution is -2.55. The third-order valence-electron chi connectivity index (χ3n) is 6.07. The Morgan fingerprint density at radius 1 is 0.833 bits per heavy atom. The average molecular weight is 416 g/mol. The van der Waals surface area contributed by atoms with Gasteiger partial charge in [0.1, 0.15) is 5.82 Å². The average Bonchev–Trinajstić information content (AvgIpc) is 3.43. The molecule has 0 aromatic heterocycles. The van der Waals surface area contributed by atoms with Gasteiger partial charge in [-0.2, -0.15) is 0 Å². The maximum atomic E-state index is 14.0. The van der Waals surface area contributed by atoms with Crippen molar-refractivity contribution < 1.29 is 23.6 Å². The third kappa shape index (κ3) is 3.88. The fraction of sp³-hybridized carbons (Fsp3) is 0.524. The van der Waals surface area contributed by atoms with E-state index in [0.29, 0.717) is 39.3 Å². The van der Waals surface area contributed by atoms with Gasteiger partial charge in [0.15, 0.2) is 0 Å². The largest absolute Gasteiger partial charge is 0.339 e. The van der Waals surface area contributed by atoms with Crippen molar-refractivity contribution in [2.75, 3.05) is 50.7 Å². The van der Waals surface area contributed by atoms with Crippen LogP contribution in [0.15, 0.2) is 24.3 Å². The summed E-state index contributed by atoms with van der Waals surface area (Å²) in [4.78, 5) is 56.0. The number of carbonyl (C=O) groups excluding carboxylic acids is 4. The molecule has 1 unspecified atom stereocenters. The molecule has 160 valence electrons. The van der Waals surface area contributed by atoms with Crippen molar-refractivity contribution in [3.05, 3.63) is 30.1 Å². The van der Waals surface area contributed by atoms with Crippen LogP contribution in [-0.2, 0) is 19.2 Å². The van der Waals surface area contributed by atoms with Crippen LogP contribution in [-0.4, -0.2) is 84.1 Å². The van der Waals surface area contributed by atoms with Crippen LogP contribution in [0.1, 0.15) is 19.3 Å². The van der Waals surface area contributed by atoms with Crippen LogP contribution in [0.25, 0.3) is 0 Å². The van der Waals surface area contributed by atoms with E-state index < -0.39 is 23.5 Å². The first-order chi connectivity index (χ1) is 14.5. The zero-order valence-corrected chi connectivity index (χ0v) is 16.8. The summed E-state index contributed by atoms with van der Waals surface area (Å²) in [5, 5.41) is 0. The van der Waals surface area contributed by atoms with Crippen LogP contribution < -0.4 is 4.90 Å². The van der Waals surface area contributed by atoms with Crippen LogP contribution in [0.4, 0.5) is 10.1 Å². The molecule has 4 rings (SSSR count). The summed E-state index contributed by atoms with van der Waals surface area (Å²) >= 11 is 0. The van der Waals surface area contributed by atoms with Gasteiger partial charge in [-0.25, -0.2) is 4.39 Å². The Morgan fingerprint density at radius 3 is 2.03 bits per heavy atom. The minimum Gasteiger partial charge on any atom is -0.339 e. The van der Waals surface area contributed by atoms with E-state index in [2.05, 4.69) is 0 Å². The molecule has 1 atom stereocenters. The number of nitrogens with zero attached hydrogens (tertiary/aromatic N) is 4. The van der Waals surface area contributed by atoms with Gasteiger partial charge in [-0.1, -0.05) is 12.1 Å². The molecular formula is C21H25FN4O4. The molecule has 4 amide bonds. The zero-order chi connectivity index (χ0) is 21.3. The number of benzene rings is 1. The van der Waals surface area contributed by atoms with Gasteiger partial charge >= 0.3 is 11.8 Å². The maximum Gasteiger partial charge on any atom is 0.312 e. The number of halogens is 1. The second kappa shape index (κ2) is 8.41. The first-order valence-electron chi connectivity index (χ1n) is 10.4. The molecule has 0 radical (unpaired) electrons. The van der Waals surface area contributed by atoms with Crippen molar-refractivity contribution in [1.82, 2.24) is 14.7 Å². The van der Waals surface area contributed by atoms with Crippen LogP contribution >= 0.6 is 0 Å². The molecule has 8 nitrogen and oxygen atoms in total. The van der Waals surface area contributed by atoms with Crippen molar-refractivity contribution in [2.45, 2.75) is 19.3 Å². The van der Waals surface area contributed by atoms with E-state index in [1.807, 2.05) is 0 Å². The first kappa shape index (κ1) is 20.3. The number of amides is 4. The van der Waals surface area contributed by atoms with Gasteiger partial charge in [-0.3, -0.25) is 19.2 Å². The van der Waals surface area contributed by atoms with Gasteiger partial charge in [0.05, 0.1) is 11.6 Å². The predicted octanol–water partition coefficient (Wildman–Crippen LogP) is 0.472. The van der Waals surface area contributed by atoms with Gasteiger partial charge in [-0.05, 0) is 25.0 Å². The summed E-state index contributed by atoms with van der Waals surface area (Å²) in [7, 11) is 0. The van der Waals surface area contributed by atoms with Crippen LogP contribution in [0, 0.1) is 11.7 Å². The van der Waals surface area contributed by atoms with E-state index in [-0.39, 0.29) is 30.5 Å². The topological polar surface area (TPSA) is 81.2 Å². The van der Waals surface area contributed by atoms with E-state index in [1.165, 1.54) is 21.9 Å². The van der Waals surface area contributed by atoms with Crippen molar-refractivity contribution >= 4 is 29.3 Å². The summed E-state index contributed by atoms with van der Waals surface area (Å²) in [6.07, 6.45) is 1.89. The third-order valence-corrected chi connectivity index (χ3v) is 6.07. The Hall–Kier alpha value is -2.97. The van der Waals surface area contributed by atoms with Gasteiger partial charge in [-0.15, -0.1) is 0 Å². The highest BCUT2D eigenvalue weighted by Crippen LogP contribution is 2.28. The van der Waals surface area contributed by atoms with Gasteiger partial charge in [0, 0.05) is 52.2 Å². The molecule has 3 fully saturated rings. The van der Waals surface area contributed by atoms with Crippen molar-refractivity contribution in [2.24, 2.45) is 5.92 Å². The lowest BCUT2D eigenvalue weighted by Gasteiger charge is -2.36. The van der Waals surface area contributed by atoms with Crippen molar-refractivity contribution in [3.63, 3.8) is 0 Å². The molecule has 0 bridgehead atoms. The van der Waals surface area contributed by atoms with Crippen LogP contribution in [0.2, 0.25) is 0 Å². The van der Waals surface area contributed by atoms with Gasteiger partial charge < -0.3 is 19.6 Å². The predicted molar refractivity (Wildman–Crippen MR) is 106 cm³/mol.